The van der Waals surface area contributed by atoms with Gasteiger partial charge in [0.25, 0.3) is 5.91 Å². The molecule has 1 fully saturated rings. The molecular formula is C19H22N2O. The monoisotopic (exact) mass is 294 g/mol. The predicted octanol–water partition coefficient (Wildman–Crippen LogP) is 3.16. The number of carbonyl (C=O) groups excluding carboxylic acids is 1. The SMILES string of the molecule is CC1CC(CN)CN1C(=O)c1ccc(-c2ccccc2)cc1. The van der Waals surface area contributed by atoms with Crippen LogP contribution in [0.4, 0.5) is 0 Å². The lowest BCUT2D eigenvalue weighted by Gasteiger charge is -2.21. The van der Waals surface area contributed by atoms with Gasteiger partial charge in [-0.1, -0.05) is 42.5 Å². The highest BCUT2D eigenvalue weighted by Crippen LogP contribution is 2.25. The largest absolute Gasteiger partial charge is 0.336 e. The third-order valence-corrected chi connectivity index (χ3v) is 4.49. The van der Waals surface area contributed by atoms with Gasteiger partial charge in [0.05, 0.1) is 0 Å². The number of rotatable bonds is 3. The van der Waals surface area contributed by atoms with Crippen LogP contribution in [0.2, 0.25) is 0 Å². The lowest BCUT2D eigenvalue weighted by Crippen LogP contribution is -2.34. The van der Waals surface area contributed by atoms with Crippen LogP contribution < -0.4 is 5.73 Å². The van der Waals surface area contributed by atoms with Crippen LogP contribution in [-0.4, -0.2) is 29.9 Å². The Bertz CT molecular complexity index is 636. The average Bonchev–Trinajstić information content (AvgIpc) is 2.96. The van der Waals surface area contributed by atoms with Crippen LogP contribution in [0.25, 0.3) is 11.1 Å². The maximum atomic E-state index is 12.7. The second kappa shape index (κ2) is 6.32. The Morgan fingerprint density at radius 2 is 1.73 bits per heavy atom. The van der Waals surface area contributed by atoms with E-state index in [0.29, 0.717) is 12.5 Å². The fraction of sp³-hybridized carbons (Fsp3) is 0.316. The lowest BCUT2D eigenvalue weighted by molar-refractivity contribution is 0.0743. The molecule has 22 heavy (non-hydrogen) atoms. The van der Waals surface area contributed by atoms with E-state index in [9.17, 15) is 4.79 Å². The smallest absolute Gasteiger partial charge is 0.254 e. The lowest BCUT2D eigenvalue weighted by atomic mass is 10.0. The summed E-state index contributed by atoms with van der Waals surface area (Å²) in [7, 11) is 0. The summed E-state index contributed by atoms with van der Waals surface area (Å²) in [6.45, 7) is 3.53. The van der Waals surface area contributed by atoms with E-state index in [-0.39, 0.29) is 11.9 Å². The first-order chi connectivity index (χ1) is 10.7. The third-order valence-electron chi connectivity index (χ3n) is 4.49. The van der Waals surface area contributed by atoms with Gasteiger partial charge in [-0.2, -0.15) is 0 Å². The standard InChI is InChI=1S/C19H22N2O/c1-14-11-15(12-20)13-21(14)19(22)18-9-7-17(8-10-18)16-5-3-2-4-6-16/h2-10,14-15H,11-13,20H2,1H3. The summed E-state index contributed by atoms with van der Waals surface area (Å²) in [6, 6.07) is 18.4. The quantitative estimate of drug-likeness (QED) is 0.945. The third kappa shape index (κ3) is 2.90. The van der Waals surface area contributed by atoms with E-state index in [2.05, 4.69) is 19.1 Å². The molecule has 114 valence electrons. The minimum atomic E-state index is 0.114. The van der Waals surface area contributed by atoms with Gasteiger partial charge in [0, 0.05) is 18.2 Å². The van der Waals surface area contributed by atoms with Crippen molar-refractivity contribution < 1.29 is 4.79 Å². The minimum Gasteiger partial charge on any atom is -0.336 e. The number of hydrogen-bond donors (Lipinski definition) is 1. The molecule has 1 amide bonds. The molecule has 0 spiro atoms. The number of hydrogen-bond acceptors (Lipinski definition) is 2. The Labute approximate surface area is 131 Å². The van der Waals surface area contributed by atoms with Crippen LogP contribution in [0, 0.1) is 5.92 Å². The maximum Gasteiger partial charge on any atom is 0.254 e. The van der Waals surface area contributed by atoms with Crippen molar-refractivity contribution >= 4 is 5.91 Å². The molecule has 3 rings (SSSR count). The molecule has 3 nitrogen and oxygen atoms in total. The van der Waals surface area contributed by atoms with Crippen LogP contribution in [0.1, 0.15) is 23.7 Å². The van der Waals surface area contributed by atoms with Gasteiger partial charge >= 0.3 is 0 Å². The average molecular weight is 294 g/mol. The second-order valence-corrected chi connectivity index (χ2v) is 6.09. The second-order valence-electron chi connectivity index (χ2n) is 6.09. The number of nitrogens with zero attached hydrogens (tertiary/aromatic N) is 1. The van der Waals surface area contributed by atoms with Crippen molar-refractivity contribution in [1.29, 1.82) is 0 Å². The Kier molecular flexibility index (Phi) is 4.25. The molecule has 0 aliphatic carbocycles. The molecule has 2 N–H and O–H groups in total. The zero-order chi connectivity index (χ0) is 15.5. The first kappa shape index (κ1) is 14.8. The highest BCUT2D eigenvalue weighted by molar-refractivity contribution is 5.95. The molecule has 2 aromatic carbocycles. The Morgan fingerprint density at radius 1 is 1.09 bits per heavy atom. The molecule has 1 aliphatic heterocycles. The molecule has 2 unspecified atom stereocenters. The van der Waals surface area contributed by atoms with Gasteiger partial charge in [0.15, 0.2) is 0 Å². The van der Waals surface area contributed by atoms with Gasteiger partial charge in [-0.3, -0.25) is 4.79 Å². The van der Waals surface area contributed by atoms with Crippen molar-refractivity contribution in [3.63, 3.8) is 0 Å². The van der Waals surface area contributed by atoms with E-state index in [0.717, 1.165) is 24.1 Å². The zero-order valence-corrected chi connectivity index (χ0v) is 12.9. The molecule has 1 aliphatic rings. The van der Waals surface area contributed by atoms with Gasteiger partial charge in [-0.05, 0) is 49.1 Å². The number of carbonyl (C=O) groups is 1. The van der Waals surface area contributed by atoms with E-state index in [1.807, 2.05) is 47.4 Å². The maximum absolute atomic E-state index is 12.7. The van der Waals surface area contributed by atoms with Crippen molar-refractivity contribution in [3.05, 3.63) is 60.2 Å². The van der Waals surface area contributed by atoms with Crippen LogP contribution in [0.15, 0.2) is 54.6 Å². The number of nitrogens with two attached hydrogens (primary N) is 1. The van der Waals surface area contributed by atoms with Crippen LogP contribution >= 0.6 is 0 Å². The van der Waals surface area contributed by atoms with Crippen molar-refractivity contribution in [1.82, 2.24) is 4.90 Å². The topological polar surface area (TPSA) is 46.3 Å². The number of likely N-dealkylation sites (tertiary alicyclic amines) is 1. The highest BCUT2D eigenvalue weighted by atomic mass is 16.2. The normalized spacial score (nSPS) is 21.1. The van der Waals surface area contributed by atoms with Gasteiger partial charge < -0.3 is 10.6 Å². The summed E-state index contributed by atoms with van der Waals surface area (Å²) in [5.74, 6) is 0.547. The summed E-state index contributed by atoms with van der Waals surface area (Å²) in [4.78, 5) is 14.6. The summed E-state index contributed by atoms with van der Waals surface area (Å²) in [5.41, 5.74) is 8.79. The van der Waals surface area contributed by atoms with Crippen molar-refractivity contribution in [3.8, 4) is 11.1 Å². The molecule has 1 heterocycles. The summed E-state index contributed by atoms with van der Waals surface area (Å²) < 4.78 is 0. The van der Waals surface area contributed by atoms with Crippen molar-refractivity contribution in [2.24, 2.45) is 11.7 Å². The fourth-order valence-electron chi connectivity index (χ4n) is 3.20. The Hall–Kier alpha value is -2.13. The van der Waals surface area contributed by atoms with E-state index in [4.69, 9.17) is 5.73 Å². The van der Waals surface area contributed by atoms with E-state index in [1.54, 1.807) is 0 Å². The predicted molar refractivity (Wildman–Crippen MR) is 89.5 cm³/mol. The van der Waals surface area contributed by atoms with E-state index in [1.165, 1.54) is 5.56 Å². The Balaban J connectivity index is 1.77. The zero-order valence-electron chi connectivity index (χ0n) is 12.9. The molecule has 0 saturated carbocycles. The fourth-order valence-corrected chi connectivity index (χ4v) is 3.20. The van der Waals surface area contributed by atoms with Gasteiger partial charge in [0.1, 0.15) is 0 Å². The first-order valence-electron chi connectivity index (χ1n) is 7.85. The van der Waals surface area contributed by atoms with E-state index >= 15 is 0 Å². The van der Waals surface area contributed by atoms with Crippen LogP contribution in [0.5, 0.6) is 0 Å². The summed E-state index contributed by atoms with van der Waals surface area (Å²) >= 11 is 0. The van der Waals surface area contributed by atoms with Gasteiger partial charge in [-0.25, -0.2) is 0 Å². The van der Waals surface area contributed by atoms with Crippen LogP contribution in [0.3, 0.4) is 0 Å². The molecule has 2 aromatic rings. The summed E-state index contributed by atoms with van der Waals surface area (Å²) in [5, 5.41) is 0. The number of amides is 1. The van der Waals surface area contributed by atoms with E-state index < -0.39 is 0 Å². The van der Waals surface area contributed by atoms with Crippen LogP contribution in [-0.2, 0) is 0 Å². The number of benzene rings is 2. The van der Waals surface area contributed by atoms with Gasteiger partial charge in [0.2, 0.25) is 0 Å². The molecule has 0 bridgehead atoms. The molecule has 0 aromatic heterocycles. The first-order valence-corrected chi connectivity index (χ1v) is 7.85. The molecule has 0 radical (unpaired) electrons. The molecule has 1 saturated heterocycles. The van der Waals surface area contributed by atoms with Crippen molar-refractivity contribution in [2.45, 2.75) is 19.4 Å². The summed E-state index contributed by atoms with van der Waals surface area (Å²) in [6.07, 6.45) is 1.00. The minimum absolute atomic E-state index is 0.114. The molecular weight excluding hydrogens is 272 g/mol. The highest BCUT2D eigenvalue weighted by Gasteiger charge is 2.31. The van der Waals surface area contributed by atoms with Gasteiger partial charge in [-0.15, -0.1) is 0 Å². The molecule has 3 heteroatoms. The molecule has 2 atom stereocenters. The Morgan fingerprint density at radius 3 is 2.32 bits per heavy atom. The van der Waals surface area contributed by atoms with Crippen molar-refractivity contribution in [2.75, 3.05) is 13.1 Å².